The van der Waals surface area contributed by atoms with Crippen LogP contribution in [-0.2, 0) is 0 Å². The first-order valence-electron chi connectivity index (χ1n) is 7.88. The van der Waals surface area contributed by atoms with Gasteiger partial charge in [-0.2, -0.15) is 0 Å². The minimum Gasteiger partial charge on any atom is -0.349 e. The highest BCUT2D eigenvalue weighted by molar-refractivity contribution is 6.30. The molecule has 1 aromatic rings. The fourth-order valence-electron chi connectivity index (χ4n) is 3.94. The van der Waals surface area contributed by atoms with Gasteiger partial charge in [0, 0.05) is 23.2 Å². The van der Waals surface area contributed by atoms with Gasteiger partial charge in [-0.25, -0.2) is 0 Å². The van der Waals surface area contributed by atoms with Crippen molar-refractivity contribution in [2.75, 3.05) is 20.1 Å². The Morgan fingerprint density at radius 2 is 2.19 bits per heavy atom. The maximum Gasteiger partial charge on any atom is 0.251 e. The molecule has 1 aliphatic heterocycles. The number of fused-ring (bicyclic) bond motifs is 1. The topological polar surface area (TPSA) is 32.3 Å². The molecule has 2 fully saturated rings. The summed E-state index contributed by atoms with van der Waals surface area (Å²) >= 11 is 5.97. The van der Waals surface area contributed by atoms with E-state index in [4.69, 9.17) is 11.6 Å². The van der Waals surface area contributed by atoms with Crippen molar-refractivity contribution in [2.45, 2.75) is 31.7 Å². The minimum absolute atomic E-state index is 0.0158. The van der Waals surface area contributed by atoms with E-state index in [1.165, 1.54) is 25.8 Å². The Labute approximate surface area is 131 Å². The van der Waals surface area contributed by atoms with E-state index in [2.05, 4.69) is 17.3 Å². The average Bonchev–Trinajstić information content (AvgIpc) is 2.47. The van der Waals surface area contributed by atoms with Gasteiger partial charge in [-0.15, -0.1) is 0 Å². The largest absolute Gasteiger partial charge is 0.349 e. The standard InChI is InChI=1S/C17H23ClN2O/c1-20-9-8-15-13(11-20)5-3-7-16(15)19-17(21)12-4-2-6-14(18)10-12/h2,4,6,10,13,15-16H,3,5,7-9,11H2,1H3,(H,19,21)/t13-,15-,16-/m1/s1. The second-order valence-corrected chi connectivity index (χ2v) is 6.93. The van der Waals surface area contributed by atoms with Gasteiger partial charge in [0.1, 0.15) is 0 Å². The molecule has 114 valence electrons. The Kier molecular flexibility index (Phi) is 4.51. The van der Waals surface area contributed by atoms with Crippen LogP contribution in [0.25, 0.3) is 0 Å². The molecule has 3 rings (SSSR count). The van der Waals surface area contributed by atoms with Crippen molar-refractivity contribution >= 4 is 17.5 Å². The number of hydrogen-bond acceptors (Lipinski definition) is 2. The zero-order valence-corrected chi connectivity index (χ0v) is 13.3. The fourth-order valence-corrected chi connectivity index (χ4v) is 4.13. The summed E-state index contributed by atoms with van der Waals surface area (Å²) in [6.07, 6.45) is 4.83. The lowest BCUT2D eigenvalue weighted by atomic mass is 9.72. The number of amides is 1. The molecule has 0 radical (unpaired) electrons. The van der Waals surface area contributed by atoms with Crippen LogP contribution in [0.15, 0.2) is 24.3 Å². The molecular weight excluding hydrogens is 284 g/mol. The van der Waals surface area contributed by atoms with Crippen LogP contribution >= 0.6 is 11.6 Å². The van der Waals surface area contributed by atoms with Crippen LogP contribution in [0.1, 0.15) is 36.0 Å². The molecule has 4 heteroatoms. The van der Waals surface area contributed by atoms with Crippen molar-refractivity contribution in [3.8, 4) is 0 Å². The number of nitrogens with zero attached hydrogens (tertiary/aromatic N) is 1. The first-order valence-corrected chi connectivity index (χ1v) is 8.26. The number of piperidine rings is 1. The molecule has 2 aliphatic rings. The number of likely N-dealkylation sites (tertiary alicyclic amines) is 1. The van der Waals surface area contributed by atoms with E-state index in [0.29, 0.717) is 22.5 Å². The van der Waals surface area contributed by atoms with Gasteiger partial charge in [-0.05, 0) is 62.9 Å². The van der Waals surface area contributed by atoms with Gasteiger partial charge < -0.3 is 10.2 Å². The Hall–Kier alpha value is -1.06. The maximum absolute atomic E-state index is 12.4. The number of rotatable bonds is 2. The first-order chi connectivity index (χ1) is 10.1. The number of carbonyl (C=O) groups excluding carboxylic acids is 1. The summed E-state index contributed by atoms with van der Waals surface area (Å²) in [7, 11) is 2.20. The molecule has 1 heterocycles. The molecular formula is C17H23ClN2O. The van der Waals surface area contributed by atoms with Crippen LogP contribution in [0.5, 0.6) is 0 Å². The summed E-state index contributed by atoms with van der Waals surface area (Å²) < 4.78 is 0. The van der Waals surface area contributed by atoms with Gasteiger partial charge in [0.2, 0.25) is 0 Å². The van der Waals surface area contributed by atoms with Gasteiger partial charge >= 0.3 is 0 Å². The van der Waals surface area contributed by atoms with Crippen LogP contribution in [0.2, 0.25) is 5.02 Å². The highest BCUT2D eigenvalue weighted by Gasteiger charge is 2.37. The minimum atomic E-state index is 0.0158. The maximum atomic E-state index is 12.4. The monoisotopic (exact) mass is 306 g/mol. The summed E-state index contributed by atoms with van der Waals surface area (Å²) in [6.45, 7) is 2.32. The molecule has 0 unspecified atom stereocenters. The fraction of sp³-hybridized carbons (Fsp3) is 0.588. The zero-order chi connectivity index (χ0) is 14.8. The highest BCUT2D eigenvalue weighted by Crippen LogP contribution is 2.36. The predicted molar refractivity (Wildman–Crippen MR) is 85.7 cm³/mol. The van der Waals surface area contributed by atoms with Crippen LogP contribution in [0.3, 0.4) is 0 Å². The summed E-state index contributed by atoms with van der Waals surface area (Å²) in [6, 6.07) is 7.52. The van der Waals surface area contributed by atoms with E-state index in [9.17, 15) is 4.79 Å². The molecule has 21 heavy (non-hydrogen) atoms. The van der Waals surface area contributed by atoms with Crippen molar-refractivity contribution < 1.29 is 4.79 Å². The van der Waals surface area contributed by atoms with E-state index >= 15 is 0 Å². The highest BCUT2D eigenvalue weighted by atomic mass is 35.5. The smallest absolute Gasteiger partial charge is 0.251 e. The lowest BCUT2D eigenvalue weighted by Gasteiger charge is -2.44. The summed E-state index contributed by atoms with van der Waals surface area (Å²) in [5.41, 5.74) is 0.664. The third-order valence-electron chi connectivity index (χ3n) is 5.01. The molecule has 0 spiro atoms. The first kappa shape index (κ1) is 14.9. The number of benzene rings is 1. The number of hydrogen-bond donors (Lipinski definition) is 1. The Bertz CT molecular complexity index is 519. The molecule has 3 atom stereocenters. The SMILES string of the molecule is CN1CC[C@@H]2[C@H](CCC[C@H]2NC(=O)c2cccc(Cl)c2)C1. The molecule has 1 N–H and O–H groups in total. The van der Waals surface area contributed by atoms with Gasteiger partial charge in [0.15, 0.2) is 0 Å². The lowest BCUT2D eigenvalue weighted by Crippen LogP contribution is -2.51. The second-order valence-electron chi connectivity index (χ2n) is 6.50. The van der Waals surface area contributed by atoms with Crippen LogP contribution in [0.4, 0.5) is 0 Å². The summed E-state index contributed by atoms with van der Waals surface area (Å²) in [5.74, 6) is 1.39. The second kappa shape index (κ2) is 6.37. The van der Waals surface area contributed by atoms with Gasteiger partial charge in [-0.1, -0.05) is 24.1 Å². The van der Waals surface area contributed by atoms with Crippen molar-refractivity contribution in [1.29, 1.82) is 0 Å². The molecule has 1 amide bonds. The number of nitrogens with one attached hydrogen (secondary N) is 1. The Morgan fingerprint density at radius 1 is 1.33 bits per heavy atom. The van der Waals surface area contributed by atoms with Gasteiger partial charge in [0.05, 0.1) is 0 Å². The lowest BCUT2D eigenvalue weighted by molar-refractivity contribution is 0.0661. The van der Waals surface area contributed by atoms with E-state index in [-0.39, 0.29) is 5.91 Å². The van der Waals surface area contributed by atoms with E-state index < -0.39 is 0 Å². The van der Waals surface area contributed by atoms with Gasteiger partial charge in [0.25, 0.3) is 5.91 Å². The third-order valence-corrected chi connectivity index (χ3v) is 5.24. The Morgan fingerprint density at radius 3 is 3.00 bits per heavy atom. The number of carbonyl (C=O) groups is 1. The van der Waals surface area contributed by atoms with Crippen LogP contribution < -0.4 is 5.32 Å². The molecule has 0 bridgehead atoms. The Balaban J connectivity index is 1.67. The third kappa shape index (κ3) is 3.41. The zero-order valence-electron chi connectivity index (χ0n) is 12.5. The summed E-state index contributed by atoms with van der Waals surface area (Å²) in [5, 5.41) is 3.87. The predicted octanol–water partition coefficient (Wildman–Crippen LogP) is 3.19. The average molecular weight is 307 g/mol. The van der Waals surface area contributed by atoms with Crippen LogP contribution in [0, 0.1) is 11.8 Å². The van der Waals surface area contributed by atoms with Crippen molar-refractivity contribution in [3.05, 3.63) is 34.9 Å². The van der Waals surface area contributed by atoms with Crippen LogP contribution in [-0.4, -0.2) is 37.0 Å². The molecule has 1 saturated carbocycles. The van der Waals surface area contributed by atoms with Crippen molar-refractivity contribution in [1.82, 2.24) is 10.2 Å². The van der Waals surface area contributed by atoms with Gasteiger partial charge in [-0.3, -0.25) is 4.79 Å². The molecule has 1 aliphatic carbocycles. The van der Waals surface area contributed by atoms with E-state index in [1.807, 2.05) is 12.1 Å². The quantitative estimate of drug-likeness (QED) is 0.910. The van der Waals surface area contributed by atoms with E-state index in [1.54, 1.807) is 12.1 Å². The van der Waals surface area contributed by atoms with E-state index in [0.717, 1.165) is 18.9 Å². The molecule has 3 nitrogen and oxygen atoms in total. The van der Waals surface area contributed by atoms with Crippen molar-refractivity contribution in [2.24, 2.45) is 11.8 Å². The molecule has 1 aromatic carbocycles. The normalized spacial score (nSPS) is 29.7. The molecule has 0 aromatic heterocycles. The van der Waals surface area contributed by atoms with Crippen molar-refractivity contribution in [3.63, 3.8) is 0 Å². The number of halogens is 1. The molecule has 1 saturated heterocycles. The summed E-state index contributed by atoms with van der Waals surface area (Å²) in [4.78, 5) is 14.8.